The molecule has 96 valence electrons. The summed E-state index contributed by atoms with van der Waals surface area (Å²) in [6.45, 7) is 0.482. The molecule has 1 saturated carbocycles. The molecule has 0 bridgehead atoms. The van der Waals surface area contributed by atoms with E-state index in [2.05, 4.69) is 25.3 Å². The maximum atomic E-state index is 11.6. The maximum absolute atomic E-state index is 11.6. The summed E-state index contributed by atoms with van der Waals surface area (Å²) in [4.78, 5) is 26.9. The minimum Gasteiger partial charge on any atom is -0.354 e. The molecule has 1 aromatic heterocycles. The minimum absolute atomic E-state index is 0.0350. The van der Waals surface area contributed by atoms with Crippen molar-refractivity contribution in [1.29, 1.82) is 0 Å². The van der Waals surface area contributed by atoms with Gasteiger partial charge < -0.3 is 10.6 Å². The predicted molar refractivity (Wildman–Crippen MR) is 65.5 cm³/mol. The maximum Gasteiger partial charge on any atom is 0.321 e. The number of nitrogens with one attached hydrogen (secondary N) is 3. The highest BCUT2D eigenvalue weighted by Gasteiger charge is 2.28. The van der Waals surface area contributed by atoms with Gasteiger partial charge >= 0.3 is 6.03 Å². The highest BCUT2D eigenvalue weighted by molar-refractivity contribution is 7.09. The lowest BCUT2D eigenvalue weighted by Crippen LogP contribution is -2.39. The van der Waals surface area contributed by atoms with E-state index < -0.39 is 0 Å². The number of carbonyl (C=O) groups is 2. The summed E-state index contributed by atoms with van der Waals surface area (Å²) in [5, 5.41) is 8.53. The molecule has 0 aromatic carbocycles. The fourth-order valence-corrected chi connectivity index (χ4v) is 2.46. The molecule has 3 rings (SSSR count). The lowest BCUT2D eigenvalue weighted by molar-refractivity contribution is -0.119. The molecule has 2 fully saturated rings. The minimum atomic E-state index is -0.338. The Morgan fingerprint density at radius 1 is 1.44 bits per heavy atom. The van der Waals surface area contributed by atoms with Crippen LogP contribution in [0.25, 0.3) is 0 Å². The standard InChI is InChI=1S/C10H13N5O2S/c16-7-3-6(4-11-7)12-9(17)14-10-13-8(15-18-10)5-1-2-5/h5-6H,1-4H2,(H,11,16)(H2,12,13,14,15,17). The third-order valence-corrected chi connectivity index (χ3v) is 3.56. The number of nitrogens with zero attached hydrogens (tertiary/aromatic N) is 2. The number of rotatable bonds is 3. The Morgan fingerprint density at radius 3 is 2.94 bits per heavy atom. The van der Waals surface area contributed by atoms with Crippen LogP contribution >= 0.6 is 11.5 Å². The van der Waals surface area contributed by atoms with Crippen LogP contribution in [0.3, 0.4) is 0 Å². The van der Waals surface area contributed by atoms with E-state index in [0.717, 1.165) is 18.7 Å². The van der Waals surface area contributed by atoms with Crippen LogP contribution < -0.4 is 16.0 Å². The van der Waals surface area contributed by atoms with Gasteiger partial charge in [0.2, 0.25) is 11.0 Å². The fraction of sp³-hybridized carbons (Fsp3) is 0.600. The van der Waals surface area contributed by atoms with E-state index in [-0.39, 0.29) is 18.0 Å². The van der Waals surface area contributed by atoms with Crippen molar-refractivity contribution >= 4 is 28.6 Å². The quantitative estimate of drug-likeness (QED) is 0.739. The summed E-state index contributed by atoms with van der Waals surface area (Å²) in [5.74, 6) is 1.27. The van der Waals surface area contributed by atoms with E-state index in [1.54, 1.807) is 0 Å². The second kappa shape index (κ2) is 4.52. The Hall–Kier alpha value is -1.70. The lowest BCUT2D eigenvalue weighted by Gasteiger charge is -2.09. The second-order valence-corrected chi connectivity index (χ2v) is 5.29. The molecule has 0 spiro atoms. The summed E-state index contributed by atoms with van der Waals surface area (Å²) in [5.41, 5.74) is 0. The first kappa shape index (κ1) is 11.4. The zero-order valence-corrected chi connectivity index (χ0v) is 10.4. The topological polar surface area (TPSA) is 96.0 Å². The van der Waals surface area contributed by atoms with E-state index in [1.165, 1.54) is 11.5 Å². The van der Waals surface area contributed by atoms with Gasteiger partial charge in [-0.2, -0.15) is 4.37 Å². The lowest BCUT2D eigenvalue weighted by atomic mass is 10.3. The van der Waals surface area contributed by atoms with Crippen LogP contribution in [0.4, 0.5) is 9.93 Å². The molecule has 8 heteroatoms. The Labute approximate surface area is 108 Å². The smallest absolute Gasteiger partial charge is 0.321 e. The predicted octanol–water partition coefficient (Wildman–Crippen LogP) is 0.426. The van der Waals surface area contributed by atoms with E-state index in [9.17, 15) is 9.59 Å². The molecular formula is C10H13N5O2S. The van der Waals surface area contributed by atoms with Crippen molar-refractivity contribution in [2.45, 2.75) is 31.2 Å². The zero-order chi connectivity index (χ0) is 12.5. The highest BCUT2D eigenvalue weighted by Crippen LogP contribution is 2.39. The molecule has 3 amide bonds. The molecule has 2 aliphatic rings. The van der Waals surface area contributed by atoms with Crippen molar-refractivity contribution in [1.82, 2.24) is 20.0 Å². The SMILES string of the molecule is O=C1CC(NC(=O)Nc2nc(C3CC3)ns2)CN1. The van der Waals surface area contributed by atoms with Crippen molar-refractivity contribution in [2.24, 2.45) is 0 Å². The fourth-order valence-electron chi connectivity index (χ4n) is 1.82. The number of carbonyl (C=O) groups excluding carboxylic acids is 2. The van der Waals surface area contributed by atoms with Crippen molar-refractivity contribution in [2.75, 3.05) is 11.9 Å². The molecule has 0 radical (unpaired) electrons. The Balaban J connectivity index is 1.51. The van der Waals surface area contributed by atoms with Crippen molar-refractivity contribution < 1.29 is 9.59 Å². The van der Waals surface area contributed by atoms with Crippen molar-refractivity contribution in [3.63, 3.8) is 0 Å². The van der Waals surface area contributed by atoms with E-state index >= 15 is 0 Å². The van der Waals surface area contributed by atoms with E-state index in [0.29, 0.717) is 24.0 Å². The van der Waals surface area contributed by atoms with E-state index in [1.807, 2.05) is 0 Å². The molecule has 1 unspecified atom stereocenters. The van der Waals surface area contributed by atoms with Gasteiger partial charge in [0, 0.05) is 30.4 Å². The molecule has 18 heavy (non-hydrogen) atoms. The van der Waals surface area contributed by atoms with Crippen LogP contribution in [0, 0.1) is 0 Å². The van der Waals surface area contributed by atoms with Crippen LogP contribution in [0.1, 0.15) is 31.0 Å². The molecule has 1 atom stereocenters. The molecule has 3 N–H and O–H groups in total. The Bertz CT molecular complexity index is 484. The van der Waals surface area contributed by atoms with Gasteiger partial charge in [-0.3, -0.25) is 10.1 Å². The normalized spacial score (nSPS) is 22.7. The molecule has 1 aliphatic heterocycles. The third-order valence-electron chi connectivity index (χ3n) is 2.92. The van der Waals surface area contributed by atoms with Crippen molar-refractivity contribution in [3.05, 3.63) is 5.82 Å². The van der Waals surface area contributed by atoms with Crippen LogP contribution in [0.15, 0.2) is 0 Å². The number of hydrogen-bond acceptors (Lipinski definition) is 5. The number of hydrogen-bond donors (Lipinski definition) is 3. The summed E-state index contributed by atoms with van der Waals surface area (Å²) >= 11 is 1.19. The monoisotopic (exact) mass is 267 g/mol. The third kappa shape index (κ3) is 2.58. The van der Waals surface area contributed by atoms with Crippen LogP contribution in [-0.2, 0) is 4.79 Å². The molecule has 1 aliphatic carbocycles. The van der Waals surface area contributed by atoms with Gasteiger partial charge in [-0.15, -0.1) is 0 Å². The van der Waals surface area contributed by atoms with Gasteiger partial charge in [0.25, 0.3) is 0 Å². The van der Waals surface area contributed by atoms with Crippen LogP contribution in [0.5, 0.6) is 0 Å². The summed E-state index contributed by atoms with van der Waals surface area (Å²) in [7, 11) is 0. The average molecular weight is 267 g/mol. The zero-order valence-electron chi connectivity index (χ0n) is 9.60. The van der Waals surface area contributed by atoms with Crippen molar-refractivity contribution in [3.8, 4) is 0 Å². The van der Waals surface area contributed by atoms with Gasteiger partial charge in [0.1, 0.15) is 5.82 Å². The number of amides is 3. The van der Waals surface area contributed by atoms with Crippen LogP contribution in [-0.4, -0.2) is 33.9 Å². The molecule has 2 heterocycles. The molecular weight excluding hydrogens is 254 g/mol. The van der Waals surface area contributed by atoms with Gasteiger partial charge in [-0.1, -0.05) is 0 Å². The first-order chi connectivity index (χ1) is 8.70. The average Bonchev–Trinajstić information content (AvgIpc) is 2.95. The summed E-state index contributed by atoms with van der Waals surface area (Å²) < 4.78 is 4.20. The number of aromatic nitrogens is 2. The highest BCUT2D eigenvalue weighted by atomic mass is 32.1. The Morgan fingerprint density at radius 2 is 2.28 bits per heavy atom. The van der Waals surface area contributed by atoms with Gasteiger partial charge in [-0.25, -0.2) is 9.78 Å². The largest absolute Gasteiger partial charge is 0.354 e. The molecule has 1 aromatic rings. The van der Waals surface area contributed by atoms with E-state index in [4.69, 9.17) is 0 Å². The molecule has 7 nitrogen and oxygen atoms in total. The number of anilines is 1. The summed E-state index contributed by atoms with van der Waals surface area (Å²) in [6, 6.07) is -0.483. The van der Waals surface area contributed by atoms with Gasteiger partial charge in [0.15, 0.2) is 0 Å². The Kier molecular flexibility index (Phi) is 2.86. The number of urea groups is 1. The van der Waals surface area contributed by atoms with Gasteiger partial charge in [0.05, 0.1) is 6.04 Å². The van der Waals surface area contributed by atoms with Crippen LogP contribution in [0.2, 0.25) is 0 Å². The molecule has 1 saturated heterocycles. The summed E-state index contributed by atoms with van der Waals surface area (Å²) in [6.07, 6.45) is 2.60. The second-order valence-electron chi connectivity index (χ2n) is 4.54. The first-order valence-electron chi connectivity index (χ1n) is 5.88. The van der Waals surface area contributed by atoms with Gasteiger partial charge in [-0.05, 0) is 12.8 Å². The first-order valence-corrected chi connectivity index (χ1v) is 6.66.